The number of ether oxygens (including phenoxy) is 2. The summed E-state index contributed by atoms with van der Waals surface area (Å²) in [5.41, 5.74) is -1.04. The number of rotatable bonds is 6. The van der Waals surface area contributed by atoms with Gasteiger partial charge in [-0.25, -0.2) is 4.98 Å². The van der Waals surface area contributed by atoms with Gasteiger partial charge < -0.3 is 14.4 Å². The van der Waals surface area contributed by atoms with E-state index in [-0.39, 0.29) is 11.8 Å². The molecule has 0 amide bonds. The maximum atomic E-state index is 13.5. The summed E-state index contributed by atoms with van der Waals surface area (Å²) in [6, 6.07) is 6.69. The van der Waals surface area contributed by atoms with Gasteiger partial charge in [0.15, 0.2) is 5.82 Å². The molecule has 8 heteroatoms. The first-order valence-corrected chi connectivity index (χ1v) is 8.96. The van der Waals surface area contributed by atoms with Gasteiger partial charge in [0.05, 0.1) is 6.61 Å². The van der Waals surface area contributed by atoms with Gasteiger partial charge in [-0.05, 0) is 51.0 Å². The Morgan fingerprint density at radius 3 is 2.18 bits per heavy atom. The van der Waals surface area contributed by atoms with Gasteiger partial charge in [0.1, 0.15) is 16.9 Å². The molecule has 0 fully saturated rings. The quantitative estimate of drug-likeness (QED) is 0.646. The molecule has 0 spiro atoms. The van der Waals surface area contributed by atoms with Gasteiger partial charge in [-0.1, -0.05) is 13.8 Å². The molecule has 0 bridgehead atoms. The number of aromatic nitrogens is 2. The van der Waals surface area contributed by atoms with Crippen molar-refractivity contribution in [1.82, 2.24) is 9.97 Å². The van der Waals surface area contributed by atoms with Crippen molar-refractivity contribution in [3.8, 4) is 11.8 Å². The Morgan fingerprint density at radius 2 is 1.68 bits per heavy atom. The molecule has 0 saturated carbocycles. The van der Waals surface area contributed by atoms with Crippen LogP contribution in [0.2, 0.25) is 0 Å². The Morgan fingerprint density at radius 1 is 1.07 bits per heavy atom. The molecule has 2 aromatic rings. The predicted octanol–water partition coefficient (Wildman–Crippen LogP) is 5.48. The summed E-state index contributed by atoms with van der Waals surface area (Å²) in [5.74, 6) is 0.748. The maximum absolute atomic E-state index is 13.5. The van der Waals surface area contributed by atoms with Crippen molar-refractivity contribution in [2.45, 2.75) is 46.4 Å². The van der Waals surface area contributed by atoms with Crippen LogP contribution in [-0.4, -0.2) is 29.2 Å². The van der Waals surface area contributed by atoms with Crippen molar-refractivity contribution in [2.24, 2.45) is 5.92 Å². The van der Waals surface area contributed by atoms with Crippen molar-refractivity contribution >= 4 is 11.5 Å². The molecule has 28 heavy (non-hydrogen) atoms. The van der Waals surface area contributed by atoms with Gasteiger partial charge in [-0.15, -0.1) is 0 Å². The standard InChI is InChI=1S/C20H26F3N3O2/c1-13(2)12-27-15-9-7-14(8-10-15)26(6)17-16(20(21,22)23)11-24-18(25-17)28-19(3,4)5/h7-11,13H,12H2,1-6H3. The largest absolute Gasteiger partial charge is 0.493 e. The van der Waals surface area contributed by atoms with Crippen LogP contribution in [0.15, 0.2) is 30.5 Å². The number of halogens is 3. The maximum Gasteiger partial charge on any atom is 0.421 e. The van der Waals surface area contributed by atoms with Gasteiger partial charge >= 0.3 is 12.2 Å². The van der Waals surface area contributed by atoms with Crippen LogP contribution in [-0.2, 0) is 6.18 Å². The molecule has 0 aliphatic carbocycles. The zero-order valence-corrected chi connectivity index (χ0v) is 17.0. The average Bonchev–Trinajstić information content (AvgIpc) is 2.57. The molecular formula is C20H26F3N3O2. The topological polar surface area (TPSA) is 47.5 Å². The minimum atomic E-state index is -4.59. The molecule has 0 aliphatic rings. The summed E-state index contributed by atoms with van der Waals surface area (Å²) < 4.78 is 51.5. The molecule has 1 aromatic heterocycles. The van der Waals surface area contributed by atoms with Gasteiger partial charge in [-0.3, -0.25) is 0 Å². The van der Waals surface area contributed by atoms with E-state index in [1.807, 2.05) is 13.8 Å². The lowest BCUT2D eigenvalue weighted by atomic mass is 10.2. The normalized spacial score (nSPS) is 12.2. The van der Waals surface area contributed by atoms with Crippen molar-refractivity contribution in [3.05, 3.63) is 36.0 Å². The lowest BCUT2D eigenvalue weighted by Crippen LogP contribution is -2.26. The zero-order chi connectivity index (χ0) is 21.1. The fourth-order valence-electron chi connectivity index (χ4n) is 2.29. The van der Waals surface area contributed by atoms with Crippen molar-refractivity contribution < 1.29 is 22.6 Å². The highest BCUT2D eigenvalue weighted by atomic mass is 19.4. The molecular weight excluding hydrogens is 371 g/mol. The van der Waals surface area contributed by atoms with Crippen LogP contribution < -0.4 is 14.4 Å². The number of alkyl halides is 3. The molecule has 1 aromatic carbocycles. The molecule has 0 aliphatic heterocycles. The highest BCUT2D eigenvalue weighted by Crippen LogP contribution is 2.38. The van der Waals surface area contributed by atoms with Crippen LogP contribution in [0.1, 0.15) is 40.2 Å². The highest BCUT2D eigenvalue weighted by molar-refractivity contribution is 5.63. The van der Waals surface area contributed by atoms with E-state index in [0.717, 1.165) is 6.20 Å². The minimum absolute atomic E-state index is 0.112. The zero-order valence-electron chi connectivity index (χ0n) is 17.0. The van der Waals surface area contributed by atoms with Gasteiger partial charge in [-0.2, -0.15) is 18.2 Å². The van der Waals surface area contributed by atoms with E-state index in [1.165, 1.54) is 11.9 Å². The first kappa shape index (κ1) is 21.8. The number of hydrogen-bond acceptors (Lipinski definition) is 5. The number of benzene rings is 1. The fourth-order valence-corrected chi connectivity index (χ4v) is 2.29. The van der Waals surface area contributed by atoms with E-state index in [0.29, 0.717) is 24.0 Å². The van der Waals surface area contributed by atoms with E-state index in [9.17, 15) is 13.2 Å². The van der Waals surface area contributed by atoms with Crippen molar-refractivity contribution in [1.29, 1.82) is 0 Å². The van der Waals surface area contributed by atoms with Gasteiger partial charge in [0.25, 0.3) is 0 Å². The van der Waals surface area contributed by atoms with Crippen molar-refractivity contribution in [3.63, 3.8) is 0 Å². The van der Waals surface area contributed by atoms with E-state index in [4.69, 9.17) is 9.47 Å². The van der Waals surface area contributed by atoms with E-state index in [1.54, 1.807) is 45.0 Å². The SMILES string of the molecule is CC(C)COc1ccc(N(C)c2nc(OC(C)(C)C)ncc2C(F)(F)F)cc1. The van der Waals surface area contributed by atoms with Gasteiger partial charge in [0.2, 0.25) is 0 Å². The number of nitrogens with zero attached hydrogens (tertiary/aromatic N) is 3. The van der Waals surface area contributed by atoms with Crippen LogP contribution in [0.5, 0.6) is 11.8 Å². The third-order valence-corrected chi connectivity index (χ3v) is 3.57. The third kappa shape index (κ3) is 6.00. The number of anilines is 2. The molecule has 0 N–H and O–H groups in total. The molecule has 0 radical (unpaired) electrons. The monoisotopic (exact) mass is 397 g/mol. The average molecular weight is 397 g/mol. The number of hydrogen-bond donors (Lipinski definition) is 0. The van der Waals surface area contributed by atoms with E-state index >= 15 is 0 Å². The Bertz CT molecular complexity index is 785. The van der Waals surface area contributed by atoms with Crippen LogP contribution in [0.3, 0.4) is 0 Å². The second kappa shape index (κ2) is 8.24. The fraction of sp³-hybridized carbons (Fsp3) is 0.500. The summed E-state index contributed by atoms with van der Waals surface area (Å²) in [7, 11) is 1.52. The molecule has 5 nitrogen and oxygen atoms in total. The van der Waals surface area contributed by atoms with Crippen LogP contribution in [0.25, 0.3) is 0 Å². The van der Waals surface area contributed by atoms with Crippen LogP contribution in [0, 0.1) is 5.92 Å². The summed E-state index contributed by atoms with van der Waals surface area (Å²) in [4.78, 5) is 9.10. The lowest BCUT2D eigenvalue weighted by Gasteiger charge is -2.25. The molecule has 2 rings (SSSR count). The molecule has 1 heterocycles. The summed E-state index contributed by atoms with van der Waals surface area (Å²) >= 11 is 0. The Labute approximate surface area is 163 Å². The highest BCUT2D eigenvalue weighted by Gasteiger charge is 2.37. The molecule has 154 valence electrons. The van der Waals surface area contributed by atoms with Crippen molar-refractivity contribution in [2.75, 3.05) is 18.6 Å². The second-order valence-electron chi connectivity index (χ2n) is 7.86. The minimum Gasteiger partial charge on any atom is -0.493 e. The molecule has 0 atom stereocenters. The van der Waals surface area contributed by atoms with Gasteiger partial charge in [0, 0.05) is 18.9 Å². The predicted molar refractivity (Wildman–Crippen MR) is 102 cm³/mol. The van der Waals surface area contributed by atoms with E-state index in [2.05, 4.69) is 9.97 Å². The first-order valence-electron chi connectivity index (χ1n) is 8.96. The Balaban J connectivity index is 2.36. The summed E-state index contributed by atoms with van der Waals surface area (Å²) in [6.45, 7) is 9.95. The third-order valence-electron chi connectivity index (χ3n) is 3.57. The second-order valence-corrected chi connectivity index (χ2v) is 7.86. The summed E-state index contributed by atoms with van der Waals surface area (Å²) in [5, 5.41) is 0. The van der Waals surface area contributed by atoms with Crippen LogP contribution in [0.4, 0.5) is 24.7 Å². The Hall–Kier alpha value is -2.51. The Kier molecular flexibility index (Phi) is 6.41. The summed E-state index contributed by atoms with van der Waals surface area (Å²) in [6.07, 6.45) is -3.84. The molecule has 0 saturated heterocycles. The van der Waals surface area contributed by atoms with E-state index < -0.39 is 17.3 Å². The lowest BCUT2D eigenvalue weighted by molar-refractivity contribution is -0.137. The molecule has 0 unspecified atom stereocenters. The first-order chi connectivity index (χ1) is 12.9. The van der Waals surface area contributed by atoms with Crippen LogP contribution >= 0.6 is 0 Å². The smallest absolute Gasteiger partial charge is 0.421 e.